The van der Waals surface area contributed by atoms with Crippen molar-refractivity contribution in [3.8, 4) is 5.75 Å². The maximum Gasteiger partial charge on any atom is 0.146 e. The van der Waals surface area contributed by atoms with E-state index in [-0.39, 0.29) is 11.6 Å². The highest BCUT2D eigenvalue weighted by Crippen LogP contribution is 2.24. The molecule has 4 heteroatoms. The number of benzene rings is 2. The Morgan fingerprint density at radius 2 is 1.94 bits per heavy atom. The number of aromatic hydroxyl groups is 1. The lowest BCUT2D eigenvalue weighted by atomic mass is 10.2. The van der Waals surface area contributed by atoms with Crippen LogP contribution in [0.5, 0.6) is 5.75 Å². The topological polar surface area (TPSA) is 32.3 Å². The lowest BCUT2D eigenvalue weighted by molar-refractivity contribution is 0.471. The van der Waals surface area contributed by atoms with Gasteiger partial charge >= 0.3 is 0 Å². The first-order valence-electron chi connectivity index (χ1n) is 5.12. The van der Waals surface area contributed by atoms with Gasteiger partial charge in [-0.25, -0.2) is 4.39 Å². The van der Waals surface area contributed by atoms with Crippen molar-refractivity contribution in [2.75, 3.05) is 5.32 Å². The van der Waals surface area contributed by atoms with Crippen molar-refractivity contribution in [1.29, 1.82) is 0 Å². The van der Waals surface area contributed by atoms with E-state index >= 15 is 0 Å². The highest BCUT2D eigenvalue weighted by atomic mass is 79.9. The third-order valence-corrected chi connectivity index (χ3v) is 3.00. The molecule has 0 amide bonds. The van der Waals surface area contributed by atoms with Crippen LogP contribution < -0.4 is 5.32 Å². The number of phenolic OH excluding ortho intramolecular Hbond substituents is 1. The third-order valence-electron chi connectivity index (χ3n) is 2.37. The van der Waals surface area contributed by atoms with Crippen molar-refractivity contribution in [2.45, 2.75) is 6.54 Å². The van der Waals surface area contributed by atoms with Gasteiger partial charge in [-0.15, -0.1) is 0 Å². The van der Waals surface area contributed by atoms with E-state index in [1.807, 2.05) is 0 Å². The number of phenols is 1. The minimum absolute atomic E-state index is 0.194. The minimum Gasteiger partial charge on any atom is -0.507 e. The molecule has 0 saturated carbocycles. The molecule has 0 aliphatic carbocycles. The summed E-state index contributed by atoms with van der Waals surface area (Å²) in [5, 5.41) is 12.3. The summed E-state index contributed by atoms with van der Waals surface area (Å²) in [6, 6.07) is 11.7. The zero-order chi connectivity index (χ0) is 12.3. The van der Waals surface area contributed by atoms with E-state index in [0.29, 0.717) is 16.7 Å². The van der Waals surface area contributed by atoms with Crippen LogP contribution in [0.3, 0.4) is 0 Å². The van der Waals surface area contributed by atoms with Crippen LogP contribution in [-0.2, 0) is 6.54 Å². The molecule has 0 aliphatic rings. The van der Waals surface area contributed by atoms with E-state index in [0.717, 1.165) is 5.56 Å². The van der Waals surface area contributed by atoms with E-state index in [1.165, 1.54) is 6.07 Å². The van der Waals surface area contributed by atoms with Crippen molar-refractivity contribution >= 4 is 21.6 Å². The lowest BCUT2D eigenvalue weighted by Crippen LogP contribution is -2.01. The van der Waals surface area contributed by atoms with Crippen LogP contribution >= 0.6 is 15.9 Å². The number of rotatable bonds is 3. The van der Waals surface area contributed by atoms with Crippen molar-refractivity contribution < 1.29 is 9.50 Å². The Labute approximate surface area is 107 Å². The zero-order valence-electron chi connectivity index (χ0n) is 8.95. The van der Waals surface area contributed by atoms with Crippen LogP contribution in [-0.4, -0.2) is 5.11 Å². The highest BCUT2D eigenvalue weighted by Gasteiger charge is 2.02. The van der Waals surface area contributed by atoms with Gasteiger partial charge in [0.25, 0.3) is 0 Å². The van der Waals surface area contributed by atoms with Crippen molar-refractivity contribution in [3.05, 3.63) is 58.3 Å². The lowest BCUT2D eigenvalue weighted by Gasteiger charge is -2.08. The fourth-order valence-corrected chi connectivity index (χ4v) is 1.89. The molecular weight excluding hydrogens is 285 g/mol. The molecule has 0 atom stereocenters. The van der Waals surface area contributed by atoms with Gasteiger partial charge in [0.05, 0.1) is 10.2 Å². The molecule has 17 heavy (non-hydrogen) atoms. The first-order valence-corrected chi connectivity index (χ1v) is 5.92. The summed E-state index contributed by atoms with van der Waals surface area (Å²) in [5.74, 6) is -0.0787. The Kier molecular flexibility index (Phi) is 3.64. The number of para-hydroxylation sites is 1. The molecule has 0 bridgehead atoms. The fourth-order valence-electron chi connectivity index (χ4n) is 1.46. The molecule has 2 aromatic rings. The molecule has 2 rings (SSSR count). The molecule has 0 radical (unpaired) electrons. The summed E-state index contributed by atoms with van der Waals surface area (Å²) >= 11 is 3.23. The minimum atomic E-state index is -0.273. The number of hydrogen-bond acceptors (Lipinski definition) is 2. The third kappa shape index (κ3) is 2.97. The van der Waals surface area contributed by atoms with Gasteiger partial charge in [-0.2, -0.15) is 0 Å². The maximum absolute atomic E-state index is 13.3. The molecule has 2 nitrogen and oxygen atoms in total. The van der Waals surface area contributed by atoms with E-state index in [1.54, 1.807) is 36.4 Å². The van der Waals surface area contributed by atoms with Gasteiger partial charge in [0.1, 0.15) is 11.6 Å². The van der Waals surface area contributed by atoms with Crippen LogP contribution in [0.15, 0.2) is 46.9 Å². The monoisotopic (exact) mass is 295 g/mol. The van der Waals surface area contributed by atoms with Crippen LogP contribution in [0.1, 0.15) is 5.56 Å². The van der Waals surface area contributed by atoms with Crippen LogP contribution in [0.4, 0.5) is 10.1 Å². The molecule has 0 heterocycles. The molecule has 2 aromatic carbocycles. The predicted octanol–water partition coefficient (Wildman–Crippen LogP) is 3.91. The number of nitrogens with one attached hydrogen (secondary N) is 1. The Bertz CT molecular complexity index is 531. The molecule has 88 valence electrons. The average molecular weight is 296 g/mol. The van der Waals surface area contributed by atoms with Crippen molar-refractivity contribution in [3.63, 3.8) is 0 Å². The second kappa shape index (κ2) is 5.19. The van der Waals surface area contributed by atoms with Crippen LogP contribution in [0, 0.1) is 5.82 Å². The summed E-state index contributed by atoms with van der Waals surface area (Å²) in [4.78, 5) is 0. The molecule has 0 aromatic heterocycles. The van der Waals surface area contributed by atoms with Crippen molar-refractivity contribution in [2.24, 2.45) is 0 Å². The van der Waals surface area contributed by atoms with Crippen LogP contribution in [0.25, 0.3) is 0 Å². The quantitative estimate of drug-likeness (QED) is 0.900. The van der Waals surface area contributed by atoms with E-state index in [4.69, 9.17) is 0 Å². The van der Waals surface area contributed by atoms with E-state index < -0.39 is 0 Å². The molecular formula is C13H11BrFNO. The molecule has 2 N–H and O–H groups in total. The van der Waals surface area contributed by atoms with Gasteiger partial charge in [-0.3, -0.25) is 0 Å². The average Bonchev–Trinajstić information content (AvgIpc) is 2.32. The van der Waals surface area contributed by atoms with E-state index in [9.17, 15) is 9.50 Å². The van der Waals surface area contributed by atoms with Crippen LogP contribution in [0.2, 0.25) is 0 Å². The number of halogens is 2. The Morgan fingerprint density at radius 3 is 2.65 bits per heavy atom. The Hall–Kier alpha value is -1.55. The predicted molar refractivity (Wildman–Crippen MR) is 69.5 cm³/mol. The smallest absolute Gasteiger partial charge is 0.146 e. The molecule has 0 aliphatic heterocycles. The summed E-state index contributed by atoms with van der Waals surface area (Å²) in [5.41, 5.74) is 1.43. The first-order chi connectivity index (χ1) is 8.16. The summed E-state index contributed by atoms with van der Waals surface area (Å²) < 4.78 is 14.0. The number of hydrogen-bond donors (Lipinski definition) is 2. The highest BCUT2D eigenvalue weighted by molar-refractivity contribution is 9.10. The van der Waals surface area contributed by atoms with Gasteiger partial charge in [0, 0.05) is 6.54 Å². The zero-order valence-corrected chi connectivity index (χ0v) is 10.5. The largest absolute Gasteiger partial charge is 0.507 e. The molecule has 0 spiro atoms. The van der Waals surface area contributed by atoms with Gasteiger partial charge in [0.2, 0.25) is 0 Å². The van der Waals surface area contributed by atoms with Gasteiger partial charge in [-0.1, -0.05) is 18.2 Å². The molecule has 0 saturated heterocycles. The first kappa shape index (κ1) is 11.9. The standard InChI is InChI=1S/C13H11BrFNO/c14-10-7-9(5-6-13(10)17)8-16-12-4-2-1-3-11(12)15/h1-7,16-17H,8H2. The molecule has 0 fully saturated rings. The second-order valence-electron chi connectivity index (χ2n) is 3.62. The molecule has 0 unspecified atom stereocenters. The maximum atomic E-state index is 13.3. The summed E-state index contributed by atoms with van der Waals surface area (Å²) in [6.07, 6.45) is 0. The fraction of sp³-hybridized carbons (Fsp3) is 0.0769. The number of anilines is 1. The summed E-state index contributed by atoms with van der Waals surface area (Å²) in [6.45, 7) is 0.500. The second-order valence-corrected chi connectivity index (χ2v) is 4.47. The SMILES string of the molecule is Oc1ccc(CNc2ccccc2F)cc1Br. The van der Waals surface area contributed by atoms with Gasteiger partial charge < -0.3 is 10.4 Å². The Morgan fingerprint density at radius 1 is 1.18 bits per heavy atom. The van der Waals surface area contributed by atoms with Crippen molar-refractivity contribution in [1.82, 2.24) is 0 Å². The Balaban J connectivity index is 2.08. The normalized spacial score (nSPS) is 10.2. The van der Waals surface area contributed by atoms with Gasteiger partial charge in [-0.05, 0) is 45.8 Å². The van der Waals surface area contributed by atoms with Gasteiger partial charge in [0.15, 0.2) is 0 Å². The summed E-state index contributed by atoms with van der Waals surface area (Å²) in [7, 11) is 0. The van der Waals surface area contributed by atoms with E-state index in [2.05, 4.69) is 21.2 Å².